The predicted molar refractivity (Wildman–Crippen MR) is 81.7 cm³/mol. The number of carbonyl (C=O) groups is 1. The number of benzene rings is 1. The van der Waals surface area contributed by atoms with Gasteiger partial charge in [0.05, 0.1) is 9.80 Å². The SMILES string of the molecule is CC(=O)c1cc([N+](=O)[O-])c(SCc2cccc(C)c2)s1. The van der Waals surface area contributed by atoms with Crippen molar-refractivity contribution in [2.24, 2.45) is 0 Å². The summed E-state index contributed by atoms with van der Waals surface area (Å²) in [5, 5.41) is 11.0. The first-order chi connectivity index (χ1) is 9.47. The van der Waals surface area contributed by atoms with Gasteiger partial charge in [-0.25, -0.2) is 0 Å². The second-order valence-electron chi connectivity index (χ2n) is 4.37. The van der Waals surface area contributed by atoms with Crippen molar-refractivity contribution >= 4 is 34.6 Å². The van der Waals surface area contributed by atoms with Gasteiger partial charge in [0.1, 0.15) is 4.21 Å². The molecule has 0 saturated carbocycles. The summed E-state index contributed by atoms with van der Waals surface area (Å²) in [4.78, 5) is 22.3. The minimum absolute atomic E-state index is 0.0258. The monoisotopic (exact) mass is 307 g/mol. The number of aryl methyl sites for hydroxylation is 1. The Bertz CT molecular complexity index is 664. The van der Waals surface area contributed by atoms with Crippen molar-refractivity contribution in [2.45, 2.75) is 23.8 Å². The van der Waals surface area contributed by atoms with Gasteiger partial charge in [-0.3, -0.25) is 14.9 Å². The lowest BCUT2D eigenvalue weighted by atomic mass is 10.2. The molecule has 1 aromatic carbocycles. The van der Waals surface area contributed by atoms with E-state index >= 15 is 0 Å². The Kier molecular flexibility index (Phi) is 4.57. The molecule has 2 rings (SSSR count). The second kappa shape index (κ2) is 6.19. The Hall–Kier alpha value is -1.66. The van der Waals surface area contributed by atoms with Crippen molar-refractivity contribution in [3.63, 3.8) is 0 Å². The Labute approximate surface area is 125 Å². The van der Waals surface area contributed by atoms with Crippen LogP contribution in [-0.4, -0.2) is 10.7 Å². The van der Waals surface area contributed by atoms with Gasteiger partial charge in [0.25, 0.3) is 5.69 Å². The van der Waals surface area contributed by atoms with Crippen LogP contribution < -0.4 is 0 Å². The number of carbonyl (C=O) groups excluding carboxylic acids is 1. The Morgan fingerprint density at radius 3 is 2.75 bits per heavy atom. The number of thiophene rings is 1. The molecule has 2 aromatic rings. The van der Waals surface area contributed by atoms with E-state index < -0.39 is 4.92 Å². The van der Waals surface area contributed by atoms with Gasteiger partial charge in [-0.15, -0.1) is 23.1 Å². The van der Waals surface area contributed by atoms with Crippen molar-refractivity contribution in [1.82, 2.24) is 0 Å². The summed E-state index contributed by atoms with van der Waals surface area (Å²) < 4.78 is 0.585. The zero-order valence-electron chi connectivity index (χ0n) is 11.1. The fraction of sp³-hybridized carbons (Fsp3) is 0.214. The van der Waals surface area contributed by atoms with Crippen LogP contribution in [-0.2, 0) is 5.75 Å². The Morgan fingerprint density at radius 2 is 2.15 bits per heavy atom. The largest absolute Gasteiger partial charge is 0.294 e. The maximum atomic E-state index is 11.3. The third-order valence-corrected chi connectivity index (χ3v) is 5.25. The molecule has 0 saturated heterocycles. The number of thioether (sulfide) groups is 1. The van der Waals surface area contributed by atoms with Crippen molar-refractivity contribution in [2.75, 3.05) is 0 Å². The molecule has 1 heterocycles. The summed E-state index contributed by atoms with van der Waals surface area (Å²) in [6, 6.07) is 9.39. The lowest BCUT2D eigenvalue weighted by Gasteiger charge is -2.01. The smallest absolute Gasteiger partial charge is 0.294 e. The van der Waals surface area contributed by atoms with Crippen LogP contribution in [0.5, 0.6) is 0 Å². The third-order valence-electron chi connectivity index (χ3n) is 2.68. The van der Waals surface area contributed by atoms with Gasteiger partial charge in [0.15, 0.2) is 5.78 Å². The molecule has 0 radical (unpaired) electrons. The maximum absolute atomic E-state index is 11.3. The lowest BCUT2D eigenvalue weighted by Crippen LogP contribution is -1.88. The van der Waals surface area contributed by atoms with E-state index in [2.05, 4.69) is 6.07 Å². The molecule has 0 atom stereocenters. The number of hydrogen-bond acceptors (Lipinski definition) is 5. The first-order valence-corrected chi connectivity index (χ1v) is 7.75. The van der Waals surface area contributed by atoms with E-state index in [0.29, 0.717) is 14.8 Å². The van der Waals surface area contributed by atoms with Crippen LogP contribution in [0.2, 0.25) is 0 Å². The minimum atomic E-state index is -0.429. The zero-order valence-corrected chi connectivity index (χ0v) is 12.7. The standard InChI is InChI=1S/C14H13NO3S2/c1-9-4-3-5-11(6-9)8-19-14-12(15(17)18)7-13(20-14)10(2)16/h3-7H,8H2,1-2H3. The molecule has 1 aromatic heterocycles. The van der Waals surface area contributed by atoms with Crippen molar-refractivity contribution in [1.29, 1.82) is 0 Å². The summed E-state index contributed by atoms with van der Waals surface area (Å²) in [5.41, 5.74) is 2.30. The summed E-state index contributed by atoms with van der Waals surface area (Å²) in [5.74, 6) is 0.515. The molecule has 104 valence electrons. The molecule has 20 heavy (non-hydrogen) atoms. The molecular weight excluding hydrogens is 294 g/mol. The van der Waals surface area contributed by atoms with Gasteiger partial charge < -0.3 is 0 Å². The third kappa shape index (κ3) is 3.46. The molecule has 0 fully saturated rings. The molecule has 0 aliphatic heterocycles. The number of nitro groups is 1. The summed E-state index contributed by atoms with van der Waals surface area (Å²) >= 11 is 2.59. The van der Waals surface area contributed by atoms with Crippen LogP contribution in [0.25, 0.3) is 0 Å². The highest BCUT2D eigenvalue weighted by atomic mass is 32.2. The highest BCUT2D eigenvalue weighted by molar-refractivity contribution is 8.00. The highest BCUT2D eigenvalue weighted by Gasteiger charge is 2.21. The van der Waals surface area contributed by atoms with Gasteiger partial charge in [-0.05, 0) is 19.4 Å². The fourth-order valence-electron chi connectivity index (χ4n) is 1.72. The number of ketones is 1. The van der Waals surface area contributed by atoms with Crippen molar-refractivity contribution in [3.05, 3.63) is 56.5 Å². The molecule has 0 spiro atoms. The molecule has 6 heteroatoms. The van der Waals surface area contributed by atoms with Crippen LogP contribution >= 0.6 is 23.1 Å². The highest BCUT2D eigenvalue weighted by Crippen LogP contribution is 2.39. The van der Waals surface area contributed by atoms with Crippen LogP contribution in [0, 0.1) is 17.0 Å². The van der Waals surface area contributed by atoms with Crippen LogP contribution in [0.4, 0.5) is 5.69 Å². The normalized spacial score (nSPS) is 10.5. The molecule has 0 N–H and O–H groups in total. The number of hydrogen-bond donors (Lipinski definition) is 0. The van der Waals surface area contributed by atoms with E-state index in [0.717, 1.165) is 11.1 Å². The van der Waals surface area contributed by atoms with Crippen LogP contribution in [0.1, 0.15) is 27.7 Å². The van der Waals surface area contributed by atoms with Gasteiger partial charge >= 0.3 is 0 Å². The summed E-state index contributed by atoms with van der Waals surface area (Å²) in [6.45, 7) is 3.43. The molecule has 0 unspecified atom stereocenters. The maximum Gasteiger partial charge on any atom is 0.294 e. The fourth-order valence-corrected chi connectivity index (χ4v) is 3.91. The molecule has 4 nitrogen and oxygen atoms in total. The molecule has 0 bridgehead atoms. The van der Waals surface area contributed by atoms with Gasteiger partial charge in [0.2, 0.25) is 0 Å². The molecule has 0 aliphatic rings. The van der Waals surface area contributed by atoms with E-state index in [-0.39, 0.29) is 11.5 Å². The van der Waals surface area contributed by atoms with E-state index in [4.69, 9.17) is 0 Å². The summed E-state index contributed by atoms with van der Waals surface area (Å²) in [7, 11) is 0. The van der Waals surface area contributed by atoms with Crippen molar-refractivity contribution < 1.29 is 9.72 Å². The van der Waals surface area contributed by atoms with Gasteiger partial charge in [-0.2, -0.15) is 0 Å². The van der Waals surface area contributed by atoms with E-state index in [1.807, 2.05) is 25.1 Å². The number of rotatable bonds is 5. The Balaban J connectivity index is 2.20. The first-order valence-electron chi connectivity index (χ1n) is 5.95. The van der Waals surface area contributed by atoms with E-state index in [1.165, 1.54) is 36.1 Å². The Morgan fingerprint density at radius 1 is 1.40 bits per heavy atom. The van der Waals surface area contributed by atoms with Crippen LogP contribution in [0.3, 0.4) is 0 Å². The first kappa shape index (κ1) is 14.7. The molecular formula is C14H13NO3S2. The van der Waals surface area contributed by atoms with E-state index in [9.17, 15) is 14.9 Å². The van der Waals surface area contributed by atoms with Gasteiger partial charge in [0, 0.05) is 11.8 Å². The zero-order chi connectivity index (χ0) is 14.7. The number of nitrogens with zero attached hydrogens (tertiary/aromatic N) is 1. The lowest BCUT2D eigenvalue weighted by molar-refractivity contribution is -0.387. The topological polar surface area (TPSA) is 60.2 Å². The van der Waals surface area contributed by atoms with E-state index in [1.54, 1.807) is 0 Å². The average molecular weight is 307 g/mol. The van der Waals surface area contributed by atoms with Gasteiger partial charge in [-0.1, -0.05) is 29.8 Å². The van der Waals surface area contributed by atoms with Crippen molar-refractivity contribution in [3.8, 4) is 0 Å². The quantitative estimate of drug-likeness (QED) is 0.354. The minimum Gasteiger partial charge on any atom is -0.294 e. The summed E-state index contributed by atoms with van der Waals surface area (Å²) in [6.07, 6.45) is 0. The second-order valence-corrected chi connectivity index (χ2v) is 6.67. The molecule has 0 amide bonds. The molecule has 0 aliphatic carbocycles. The van der Waals surface area contributed by atoms with Crippen LogP contribution in [0.15, 0.2) is 34.5 Å². The average Bonchev–Trinajstić information content (AvgIpc) is 2.81. The number of Topliss-reactive ketones (excluding diaryl/α,β-unsaturated/α-hetero) is 1. The predicted octanol–water partition coefficient (Wildman–Crippen LogP) is 4.46.